The van der Waals surface area contributed by atoms with Gasteiger partial charge in [0.25, 0.3) is 0 Å². The highest BCUT2D eigenvalue weighted by Gasteiger charge is 2.12. The number of aliphatic hydroxyl groups is 2. The smallest absolute Gasteiger partial charge is 0.132 e. The van der Waals surface area contributed by atoms with Gasteiger partial charge >= 0.3 is 0 Å². The topological polar surface area (TPSA) is 57.5 Å². The Balaban J connectivity index is 3.46. The van der Waals surface area contributed by atoms with E-state index in [0.29, 0.717) is 6.42 Å². The Hall–Kier alpha value is -0.410. The van der Waals surface area contributed by atoms with Crippen molar-refractivity contribution >= 4 is 5.78 Å². The van der Waals surface area contributed by atoms with Crippen LogP contribution in [0.25, 0.3) is 0 Å². The van der Waals surface area contributed by atoms with Crippen molar-refractivity contribution < 1.29 is 15.0 Å². The molecule has 3 nitrogen and oxygen atoms in total. The fourth-order valence-corrected chi connectivity index (χ4v) is 1.56. The largest absolute Gasteiger partial charge is 0.396 e. The molecule has 0 amide bonds. The van der Waals surface area contributed by atoms with Crippen LogP contribution in [0.3, 0.4) is 0 Å². The average molecular weight is 202 g/mol. The fourth-order valence-electron chi connectivity index (χ4n) is 1.56. The van der Waals surface area contributed by atoms with Crippen LogP contribution < -0.4 is 0 Å². The number of Topliss-reactive ketones (excluding diaryl/α,β-unsaturated/α-hetero) is 1. The Kier molecular flexibility index (Phi) is 8.89. The van der Waals surface area contributed by atoms with E-state index in [4.69, 9.17) is 10.2 Å². The summed E-state index contributed by atoms with van der Waals surface area (Å²) in [6.07, 6.45) is 5.43. The minimum Gasteiger partial charge on any atom is -0.396 e. The summed E-state index contributed by atoms with van der Waals surface area (Å²) in [5.41, 5.74) is 0. The first-order valence-electron chi connectivity index (χ1n) is 5.44. The molecule has 0 rings (SSSR count). The van der Waals surface area contributed by atoms with Crippen molar-refractivity contribution in [2.45, 2.75) is 45.4 Å². The van der Waals surface area contributed by atoms with Gasteiger partial charge in [0.1, 0.15) is 5.78 Å². The van der Waals surface area contributed by atoms with Crippen LogP contribution in [0.15, 0.2) is 0 Å². The third-order valence-electron chi connectivity index (χ3n) is 2.51. The summed E-state index contributed by atoms with van der Waals surface area (Å²) in [7, 11) is 0. The fraction of sp³-hybridized carbons (Fsp3) is 0.909. The van der Waals surface area contributed by atoms with Crippen molar-refractivity contribution in [1.29, 1.82) is 0 Å². The van der Waals surface area contributed by atoms with Crippen LogP contribution in [0, 0.1) is 5.92 Å². The minimum atomic E-state index is 0.0362. The van der Waals surface area contributed by atoms with E-state index in [1.54, 1.807) is 6.92 Å². The van der Waals surface area contributed by atoms with Crippen LogP contribution >= 0.6 is 0 Å². The van der Waals surface area contributed by atoms with Crippen molar-refractivity contribution in [2.24, 2.45) is 5.92 Å². The van der Waals surface area contributed by atoms with E-state index in [-0.39, 0.29) is 24.9 Å². The highest BCUT2D eigenvalue weighted by Crippen LogP contribution is 2.14. The number of carbonyl (C=O) groups excluding carboxylic acids is 1. The molecular formula is C11H22O3. The van der Waals surface area contributed by atoms with E-state index >= 15 is 0 Å². The Bertz CT molecular complexity index is 145. The summed E-state index contributed by atoms with van der Waals surface area (Å²) in [5, 5.41) is 17.3. The summed E-state index contributed by atoms with van der Waals surface area (Å²) >= 11 is 0. The zero-order valence-corrected chi connectivity index (χ0v) is 9.04. The van der Waals surface area contributed by atoms with Gasteiger partial charge < -0.3 is 10.2 Å². The van der Waals surface area contributed by atoms with Gasteiger partial charge in [0, 0.05) is 19.1 Å². The lowest BCUT2D eigenvalue weighted by Crippen LogP contribution is -2.12. The van der Waals surface area contributed by atoms with E-state index in [1.165, 1.54) is 0 Å². The molecule has 2 N–H and O–H groups in total. The van der Waals surface area contributed by atoms with E-state index in [2.05, 4.69) is 0 Å². The van der Waals surface area contributed by atoms with Gasteiger partial charge in [-0.1, -0.05) is 19.3 Å². The molecule has 0 spiro atoms. The number of ketones is 1. The maximum absolute atomic E-state index is 11.1. The molecular weight excluding hydrogens is 180 g/mol. The Morgan fingerprint density at radius 2 is 1.64 bits per heavy atom. The normalized spacial score (nSPS) is 12.8. The lowest BCUT2D eigenvalue weighted by molar-refractivity contribution is -0.121. The van der Waals surface area contributed by atoms with Gasteiger partial charge in [0.2, 0.25) is 0 Å². The van der Waals surface area contributed by atoms with E-state index in [9.17, 15) is 4.79 Å². The summed E-state index contributed by atoms with van der Waals surface area (Å²) in [6, 6.07) is 0. The molecule has 0 aromatic heterocycles. The third kappa shape index (κ3) is 7.04. The summed E-state index contributed by atoms with van der Waals surface area (Å²) in [6.45, 7) is 1.95. The van der Waals surface area contributed by atoms with Crippen LogP contribution in [0.4, 0.5) is 0 Å². The molecule has 3 heteroatoms. The number of hydrogen-bond acceptors (Lipinski definition) is 3. The van der Waals surface area contributed by atoms with Crippen LogP contribution in [0.1, 0.15) is 45.4 Å². The Morgan fingerprint density at radius 1 is 1.00 bits per heavy atom. The second kappa shape index (κ2) is 9.16. The molecule has 0 bridgehead atoms. The second-order valence-corrected chi connectivity index (χ2v) is 3.75. The van der Waals surface area contributed by atoms with Gasteiger partial charge in [-0.05, 0) is 26.2 Å². The standard InChI is InChI=1S/C11H22O3/c1-10(14)11(7-9-13)6-4-2-3-5-8-12/h11-13H,2-9H2,1H3. The molecule has 1 atom stereocenters. The first kappa shape index (κ1) is 13.6. The number of carbonyl (C=O) groups is 1. The van der Waals surface area contributed by atoms with Crippen LogP contribution in [-0.2, 0) is 4.79 Å². The quantitative estimate of drug-likeness (QED) is 0.557. The predicted octanol–water partition coefficient (Wildman–Crippen LogP) is 1.52. The summed E-state index contributed by atoms with van der Waals surface area (Å²) in [4.78, 5) is 11.1. The maximum Gasteiger partial charge on any atom is 0.132 e. The number of rotatable bonds is 9. The molecule has 0 aliphatic carbocycles. The predicted molar refractivity (Wildman–Crippen MR) is 56.0 cm³/mol. The number of unbranched alkanes of at least 4 members (excludes halogenated alkanes) is 3. The maximum atomic E-state index is 11.1. The first-order valence-corrected chi connectivity index (χ1v) is 5.44. The van der Waals surface area contributed by atoms with Crippen molar-refractivity contribution in [3.8, 4) is 0 Å². The zero-order chi connectivity index (χ0) is 10.8. The van der Waals surface area contributed by atoms with Gasteiger partial charge in [0.05, 0.1) is 0 Å². The Morgan fingerprint density at radius 3 is 2.14 bits per heavy atom. The van der Waals surface area contributed by atoms with E-state index in [0.717, 1.165) is 32.1 Å². The third-order valence-corrected chi connectivity index (χ3v) is 2.51. The van der Waals surface area contributed by atoms with Crippen molar-refractivity contribution in [2.75, 3.05) is 13.2 Å². The molecule has 84 valence electrons. The van der Waals surface area contributed by atoms with Gasteiger partial charge in [0.15, 0.2) is 0 Å². The van der Waals surface area contributed by atoms with Gasteiger partial charge in [-0.3, -0.25) is 4.79 Å². The van der Waals surface area contributed by atoms with Crippen LogP contribution in [0.5, 0.6) is 0 Å². The lowest BCUT2D eigenvalue weighted by Gasteiger charge is -2.11. The minimum absolute atomic E-state index is 0.0362. The molecule has 0 radical (unpaired) electrons. The summed E-state index contributed by atoms with van der Waals surface area (Å²) < 4.78 is 0. The Labute approximate surface area is 86.1 Å². The van der Waals surface area contributed by atoms with E-state index in [1.807, 2.05) is 0 Å². The highest BCUT2D eigenvalue weighted by atomic mass is 16.3. The van der Waals surface area contributed by atoms with Gasteiger partial charge in [-0.25, -0.2) is 0 Å². The number of aliphatic hydroxyl groups excluding tert-OH is 2. The molecule has 0 fully saturated rings. The molecule has 0 aromatic carbocycles. The molecule has 0 aromatic rings. The summed E-state index contributed by atoms with van der Waals surface area (Å²) in [5.74, 6) is 0.218. The average Bonchev–Trinajstić information content (AvgIpc) is 2.15. The molecule has 0 saturated heterocycles. The zero-order valence-electron chi connectivity index (χ0n) is 9.04. The number of hydrogen-bond donors (Lipinski definition) is 2. The van der Waals surface area contributed by atoms with Crippen LogP contribution in [-0.4, -0.2) is 29.2 Å². The van der Waals surface area contributed by atoms with Crippen molar-refractivity contribution in [1.82, 2.24) is 0 Å². The first-order chi connectivity index (χ1) is 6.72. The molecule has 0 heterocycles. The van der Waals surface area contributed by atoms with Crippen molar-refractivity contribution in [3.63, 3.8) is 0 Å². The lowest BCUT2D eigenvalue weighted by atomic mass is 9.94. The molecule has 1 unspecified atom stereocenters. The van der Waals surface area contributed by atoms with Crippen molar-refractivity contribution in [3.05, 3.63) is 0 Å². The van der Waals surface area contributed by atoms with E-state index < -0.39 is 0 Å². The highest BCUT2D eigenvalue weighted by molar-refractivity contribution is 5.78. The second-order valence-electron chi connectivity index (χ2n) is 3.75. The molecule has 14 heavy (non-hydrogen) atoms. The van der Waals surface area contributed by atoms with Gasteiger partial charge in [-0.15, -0.1) is 0 Å². The van der Waals surface area contributed by atoms with Crippen LogP contribution in [0.2, 0.25) is 0 Å². The monoisotopic (exact) mass is 202 g/mol. The SMILES string of the molecule is CC(=O)C(CCO)CCCCCCO. The molecule has 0 aliphatic rings. The molecule has 0 saturated carbocycles. The molecule has 0 aliphatic heterocycles. The van der Waals surface area contributed by atoms with Gasteiger partial charge in [-0.2, -0.15) is 0 Å².